The second-order valence-electron chi connectivity index (χ2n) is 10.6. The fourth-order valence-electron chi connectivity index (χ4n) is 5.56. The highest BCUT2D eigenvalue weighted by atomic mass is 16.4. The minimum Gasteiger partial charge on any atom is -0.481 e. The number of likely N-dealkylation sites (tertiary alicyclic amines) is 1. The van der Waals surface area contributed by atoms with Crippen molar-refractivity contribution in [3.05, 3.63) is 58.4 Å². The molecule has 0 saturated carbocycles. The van der Waals surface area contributed by atoms with E-state index in [1.807, 2.05) is 24.3 Å². The summed E-state index contributed by atoms with van der Waals surface area (Å²) in [6.07, 6.45) is 6.79. The van der Waals surface area contributed by atoms with Crippen LogP contribution in [0.2, 0.25) is 0 Å². The van der Waals surface area contributed by atoms with Gasteiger partial charge in [0.2, 0.25) is 0 Å². The van der Waals surface area contributed by atoms with E-state index in [2.05, 4.69) is 24.1 Å². The Morgan fingerprint density at radius 3 is 2.56 bits per heavy atom. The first-order chi connectivity index (χ1) is 18.7. The number of aliphatic carboxylic acids is 1. The summed E-state index contributed by atoms with van der Waals surface area (Å²) < 4.78 is 1.78. The molecule has 2 atom stereocenters. The van der Waals surface area contributed by atoms with Gasteiger partial charge in [0.25, 0.3) is 5.56 Å². The Morgan fingerprint density at radius 1 is 1.10 bits per heavy atom. The minimum absolute atomic E-state index is 0.00275. The average molecular weight is 533 g/mol. The fourth-order valence-corrected chi connectivity index (χ4v) is 5.56. The van der Waals surface area contributed by atoms with Gasteiger partial charge >= 0.3 is 5.97 Å². The Labute approximate surface area is 229 Å². The van der Waals surface area contributed by atoms with Gasteiger partial charge in [-0.15, -0.1) is 0 Å². The molecule has 1 fully saturated rings. The van der Waals surface area contributed by atoms with Gasteiger partial charge in [0, 0.05) is 42.0 Å². The highest BCUT2D eigenvalue weighted by Crippen LogP contribution is 2.24. The summed E-state index contributed by atoms with van der Waals surface area (Å²) in [5.74, 6) is -0.931. The molecule has 4 rings (SSSR count). The van der Waals surface area contributed by atoms with Gasteiger partial charge in [-0.3, -0.25) is 19.9 Å². The molecule has 2 heterocycles. The number of carboxylic acids is 1. The number of nitrogens with zero attached hydrogens (tertiary/aromatic N) is 3. The van der Waals surface area contributed by atoms with Gasteiger partial charge in [-0.1, -0.05) is 31.0 Å². The van der Waals surface area contributed by atoms with Crippen molar-refractivity contribution in [3.63, 3.8) is 0 Å². The highest BCUT2D eigenvalue weighted by Gasteiger charge is 2.23. The van der Waals surface area contributed by atoms with E-state index in [1.165, 1.54) is 19.3 Å². The fraction of sp³-hybridized carbons (Fsp3) is 0.467. The molecule has 0 aliphatic carbocycles. The van der Waals surface area contributed by atoms with Crippen LogP contribution in [0.1, 0.15) is 64.4 Å². The molecule has 9 heteroatoms. The average Bonchev–Trinajstić information content (AvgIpc) is 2.90. The standard InChI is InChI=1S/C30H40N6O3/c1-20-8-6-9-21(2)35(20)16-4-3-5-17-36-26-19-24(33-15-14-27(37)38)12-13-25(26)34-28(30(36)39)22-10-7-11-23(18-22)29(31)32/h7,10-13,18-21,33H,3-6,8-9,14-17H2,1-2H3,(H3,31,32)(H,37,38)/t20-,21+. The lowest BCUT2D eigenvalue weighted by atomic mass is 9.97. The monoisotopic (exact) mass is 532 g/mol. The van der Waals surface area contributed by atoms with Crippen LogP contribution in [0.5, 0.6) is 0 Å². The zero-order valence-corrected chi connectivity index (χ0v) is 22.9. The summed E-state index contributed by atoms with van der Waals surface area (Å²) in [6.45, 7) is 6.57. The van der Waals surface area contributed by atoms with E-state index in [0.717, 1.165) is 31.5 Å². The number of aryl methyl sites for hydroxylation is 1. The molecular weight excluding hydrogens is 492 g/mol. The number of aromatic nitrogens is 2. The number of rotatable bonds is 12. The predicted molar refractivity (Wildman–Crippen MR) is 157 cm³/mol. The maximum Gasteiger partial charge on any atom is 0.305 e. The first kappa shape index (κ1) is 28.3. The molecular formula is C30H40N6O3. The topological polar surface area (TPSA) is 137 Å². The largest absolute Gasteiger partial charge is 0.481 e. The van der Waals surface area contributed by atoms with Crippen LogP contribution < -0.4 is 16.6 Å². The van der Waals surface area contributed by atoms with Crippen LogP contribution in [0.3, 0.4) is 0 Å². The lowest BCUT2D eigenvalue weighted by molar-refractivity contribution is -0.136. The number of nitrogens with two attached hydrogens (primary N) is 1. The Balaban J connectivity index is 1.59. The van der Waals surface area contributed by atoms with E-state index in [-0.39, 0.29) is 17.8 Å². The molecule has 1 aliphatic heterocycles. The molecule has 0 bridgehead atoms. The third-order valence-electron chi connectivity index (χ3n) is 7.74. The Bertz CT molecular complexity index is 1370. The van der Waals surface area contributed by atoms with E-state index in [0.29, 0.717) is 53.0 Å². The maximum atomic E-state index is 13.8. The normalized spacial score (nSPS) is 17.8. The minimum atomic E-state index is -0.868. The summed E-state index contributed by atoms with van der Waals surface area (Å²) in [7, 11) is 0. The van der Waals surface area contributed by atoms with Crippen LogP contribution in [0.15, 0.2) is 47.3 Å². The van der Waals surface area contributed by atoms with E-state index >= 15 is 0 Å². The van der Waals surface area contributed by atoms with Crippen molar-refractivity contribution in [1.82, 2.24) is 14.5 Å². The van der Waals surface area contributed by atoms with Crippen molar-refractivity contribution in [2.24, 2.45) is 5.73 Å². The first-order valence-electron chi connectivity index (χ1n) is 14.0. The second kappa shape index (κ2) is 12.9. The number of piperidine rings is 1. The number of hydrogen-bond donors (Lipinski definition) is 4. The van der Waals surface area contributed by atoms with Crippen molar-refractivity contribution in [3.8, 4) is 11.3 Å². The van der Waals surface area contributed by atoms with Crippen molar-refractivity contribution >= 4 is 28.5 Å². The number of carbonyl (C=O) groups is 1. The van der Waals surface area contributed by atoms with Crippen LogP contribution in [-0.2, 0) is 11.3 Å². The summed E-state index contributed by atoms with van der Waals surface area (Å²) in [5, 5.41) is 19.9. The number of carboxylic acid groups (broad SMARTS) is 1. The smallest absolute Gasteiger partial charge is 0.305 e. The molecule has 39 heavy (non-hydrogen) atoms. The lowest BCUT2D eigenvalue weighted by Gasteiger charge is -2.39. The molecule has 208 valence electrons. The van der Waals surface area contributed by atoms with Gasteiger partial charge in [-0.05, 0) is 70.3 Å². The number of unbranched alkanes of at least 4 members (excludes halogenated alkanes) is 2. The molecule has 1 saturated heterocycles. The molecule has 1 aromatic heterocycles. The third kappa shape index (κ3) is 7.03. The number of fused-ring (bicyclic) bond motifs is 1. The molecule has 0 amide bonds. The van der Waals surface area contributed by atoms with Gasteiger partial charge in [-0.2, -0.15) is 0 Å². The summed E-state index contributed by atoms with van der Waals surface area (Å²) in [4.78, 5) is 32.0. The Hall–Kier alpha value is -3.72. The number of benzene rings is 2. The van der Waals surface area contributed by atoms with Gasteiger partial charge in [-0.25, -0.2) is 4.98 Å². The number of nitrogen functional groups attached to an aromatic ring is 1. The summed E-state index contributed by atoms with van der Waals surface area (Å²) >= 11 is 0. The van der Waals surface area contributed by atoms with Crippen molar-refractivity contribution in [2.45, 2.75) is 77.4 Å². The summed E-state index contributed by atoms with van der Waals surface area (Å²) in [5.41, 5.74) is 9.13. The second-order valence-corrected chi connectivity index (χ2v) is 10.6. The Morgan fingerprint density at radius 2 is 1.85 bits per heavy atom. The van der Waals surface area contributed by atoms with Crippen molar-refractivity contribution < 1.29 is 9.90 Å². The zero-order chi connectivity index (χ0) is 27.9. The maximum absolute atomic E-state index is 13.8. The number of anilines is 1. The van der Waals surface area contributed by atoms with Gasteiger partial charge in [0.1, 0.15) is 11.5 Å². The summed E-state index contributed by atoms with van der Waals surface area (Å²) in [6, 6.07) is 13.9. The van der Waals surface area contributed by atoms with E-state index in [4.69, 9.17) is 21.2 Å². The van der Waals surface area contributed by atoms with E-state index in [9.17, 15) is 9.59 Å². The van der Waals surface area contributed by atoms with Crippen molar-refractivity contribution in [2.75, 3.05) is 18.4 Å². The van der Waals surface area contributed by atoms with Crippen LogP contribution in [0.4, 0.5) is 5.69 Å². The van der Waals surface area contributed by atoms with E-state index in [1.54, 1.807) is 22.8 Å². The SMILES string of the molecule is C[C@@H]1CCC[C@H](C)N1CCCCCn1c(=O)c(-c2cccc(C(=N)N)c2)nc2ccc(NCCC(=O)O)cc21. The highest BCUT2D eigenvalue weighted by molar-refractivity contribution is 5.96. The molecule has 0 radical (unpaired) electrons. The predicted octanol–water partition coefficient (Wildman–Crippen LogP) is 4.67. The molecule has 2 aromatic carbocycles. The molecule has 0 spiro atoms. The lowest BCUT2D eigenvalue weighted by Crippen LogP contribution is -2.44. The van der Waals surface area contributed by atoms with Crippen LogP contribution >= 0.6 is 0 Å². The van der Waals surface area contributed by atoms with Gasteiger partial charge < -0.3 is 20.7 Å². The molecule has 3 aromatic rings. The van der Waals surface area contributed by atoms with Gasteiger partial charge in [0.15, 0.2) is 0 Å². The van der Waals surface area contributed by atoms with Crippen LogP contribution in [-0.4, -0.2) is 56.5 Å². The zero-order valence-electron chi connectivity index (χ0n) is 22.9. The van der Waals surface area contributed by atoms with Crippen molar-refractivity contribution in [1.29, 1.82) is 5.41 Å². The quantitative estimate of drug-likeness (QED) is 0.151. The molecule has 9 nitrogen and oxygen atoms in total. The Kier molecular flexibility index (Phi) is 9.35. The van der Waals surface area contributed by atoms with E-state index < -0.39 is 5.97 Å². The molecule has 5 N–H and O–H groups in total. The van der Waals surface area contributed by atoms with Crippen LogP contribution in [0.25, 0.3) is 22.3 Å². The molecule has 1 aliphatic rings. The number of amidine groups is 1. The third-order valence-corrected chi connectivity index (χ3v) is 7.74. The number of hydrogen-bond acceptors (Lipinski definition) is 6. The molecule has 0 unspecified atom stereocenters. The van der Waals surface area contributed by atoms with Crippen LogP contribution in [0, 0.1) is 5.41 Å². The first-order valence-corrected chi connectivity index (χ1v) is 14.0. The number of nitrogens with one attached hydrogen (secondary N) is 2. The van der Waals surface area contributed by atoms with Gasteiger partial charge in [0.05, 0.1) is 17.5 Å².